The number of aryl methyl sites for hydroxylation is 1. The molecule has 1 saturated heterocycles. The number of benzene rings is 1. The van der Waals surface area contributed by atoms with Crippen LogP contribution in [0.4, 0.5) is 0 Å². The minimum absolute atomic E-state index is 0.106. The number of piperidine rings is 1. The number of carbonyl (C=O) groups is 1. The third-order valence-electron chi connectivity index (χ3n) is 4.12. The number of hydrogen-bond acceptors (Lipinski definition) is 2. The Morgan fingerprint density at radius 2 is 2.24 bits per heavy atom. The van der Waals surface area contributed by atoms with Crippen molar-refractivity contribution in [3.8, 4) is 5.75 Å². The van der Waals surface area contributed by atoms with Crippen LogP contribution in [0.2, 0.25) is 0 Å². The molecule has 0 spiro atoms. The van der Waals surface area contributed by atoms with Gasteiger partial charge < -0.3 is 9.64 Å². The van der Waals surface area contributed by atoms with E-state index in [4.69, 9.17) is 4.74 Å². The summed E-state index contributed by atoms with van der Waals surface area (Å²) in [6, 6.07) is 6.28. The Balaban J connectivity index is 2.04. The fourth-order valence-corrected chi connectivity index (χ4v) is 3.48. The van der Waals surface area contributed by atoms with Gasteiger partial charge >= 0.3 is 0 Å². The van der Waals surface area contributed by atoms with Gasteiger partial charge in [-0.15, -0.1) is 0 Å². The number of rotatable bonds is 4. The van der Waals surface area contributed by atoms with E-state index in [0.717, 1.165) is 41.6 Å². The summed E-state index contributed by atoms with van der Waals surface area (Å²) in [6.45, 7) is 6.89. The lowest BCUT2D eigenvalue weighted by Crippen LogP contribution is -2.48. The van der Waals surface area contributed by atoms with Crippen molar-refractivity contribution < 1.29 is 9.53 Å². The highest BCUT2D eigenvalue weighted by Crippen LogP contribution is 2.28. The Labute approximate surface area is 135 Å². The molecular weight excluding hydrogens is 330 g/mol. The molecule has 4 heteroatoms. The average molecular weight is 354 g/mol. The maximum Gasteiger partial charge on any atom is 0.263 e. The van der Waals surface area contributed by atoms with Crippen LogP contribution in [0.5, 0.6) is 5.75 Å². The van der Waals surface area contributed by atoms with Gasteiger partial charge in [-0.05, 0) is 73.2 Å². The van der Waals surface area contributed by atoms with E-state index < -0.39 is 6.10 Å². The molecule has 0 aromatic heterocycles. The number of ether oxygens (including phenoxy) is 1. The van der Waals surface area contributed by atoms with Crippen LogP contribution in [-0.2, 0) is 4.79 Å². The Kier molecular flexibility index (Phi) is 5.68. The number of hydrogen-bond donors (Lipinski definition) is 0. The number of likely N-dealkylation sites (tertiary alicyclic amines) is 1. The zero-order valence-corrected chi connectivity index (χ0v) is 14.6. The van der Waals surface area contributed by atoms with Crippen LogP contribution < -0.4 is 4.74 Å². The molecule has 1 aliphatic rings. The molecule has 0 aliphatic carbocycles. The zero-order valence-electron chi connectivity index (χ0n) is 13.1. The topological polar surface area (TPSA) is 29.5 Å². The van der Waals surface area contributed by atoms with Gasteiger partial charge in [0.05, 0.1) is 4.47 Å². The van der Waals surface area contributed by atoms with Crippen LogP contribution in [0, 0.1) is 6.92 Å². The Morgan fingerprint density at radius 3 is 2.90 bits per heavy atom. The minimum Gasteiger partial charge on any atom is -0.480 e. The van der Waals surface area contributed by atoms with Crippen LogP contribution >= 0.6 is 15.9 Å². The minimum atomic E-state index is -0.448. The Hall–Kier alpha value is -1.03. The smallest absolute Gasteiger partial charge is 0.263 e. The molecule has 21 heavy (non-hydrogen) atoms. The van der Waals surface area contributed by atoms with E-state index in [1.54, 1.807) is 0 Å². The van der Waals surface area contributed by atoms with Gasteiger partial charge in [0.1, 0.15) is 5.75 Å². The van der Waals surface area contributed by atoms with E-state index in [1.807, 2.05) is 36.9 Å². The van der Waals surface area contributed by atoms with Crippen molar-refractivity contribution in [3.63, 3.8) is 0 Å². The van der Waals surface area contributed by atoms with Crippen LogP contribution in [0.25, 0.3) is 0 Å². The summed E-state index contributed by atoms with van der Waals surface area (Å²) in [5, 5.41) is 0. The second kappa shape index (κ2) is 7.30. The zero-order chi connectivity index (χ0) is 15.4. The third kappa shape index (κ3) is 4.00. The summed E-state index contributed by atoms with van der Waals surface area (Å²) in [6.07, 6.45) is 4.01. The molecule has 1 heterocycles. The average Bonchev–Trinajstić information content (AvgIpc) is 2.49. The van der Waals surface area contributed by atoms with E-state index in [-0.39, 0.29) is 5.91 Å². The number of amides is 1. The van der Waals surface area contributed by atoms with Crippen LogP contribution in [0.1, 0.15) is 45.1 Å². The van der Waals surface area contributed by atoms with E-state index in [1.165, 1.54) is 6.42 Å². The number of nitrogens with zero attached hydrogens (tertiary/aromatic N) is 1. The predicted octanol–water partition coefficient (Wildman–Crippen LogP) is 4.32. The van der Waals surface area contributed by atoms with Crippen molar-refractivity contribution in [1.82, 2.24) is 4.90 Å². The van der Waals surface area contributed by atoms with E-state index in [0.29, 0.717) is 6.04 Å². The van der Waals surface area contributed by atoms with E-state index >= 15 is 0 Å². The molecular formula is C17H24BrNO2. The van der Waals surface area contributed by atoms with Crippen molar-refractivity contribution in [3.05, 3.63) is 28.2 Å². The highest BCUT2D eigenvalue weighted by Gasteiger charge is 2.29. The summed E-state index contributed by atoms with van der Waals surface area (Å²) in [5.74, 6) is 0.834. The molecule has 0 N–H and O–H groups in total. The molecule has 2 unspecified atom stereocenters. The van der Waals surface area contributed by atoms with Crippen molar-refractivity contribution in [1.29, 1.82) is 0 Å². The monoisotopic (exact) mass is 353 g/mol. The lowest BCUT2D eigenvalue weighted by Gasteiger charge is -2.36. The predicted molar refractivity (Wildman–Crippen MR) is 88.6 cm³/mol. The molecule has 1 amide bonds. The Bertz CT molecular complexity index is 504. The van der Waals surface area contributed by atoms with Gasteiger partial charge in [0.2, 0.25) is 0 Å². The van der Waals surface area contributed by atoms with Crippen molar-refractivity contribution in [2.24, 2.45) is 0 Å². The SMILES string of the molecule is CCC1CCCCN1C(=O)C(C)Oc1ccc(C)cc1Br. The highest BCUT2D eigenvalue weighted by molar-refractivity contribution is 9.10. The van der Waals surface area contributed by atoms with Gasteiger partial charge in [0.25, 0.3) is 5.91 Å². The maximum atomic E-state index is 12.6. The molecule has 1 aromatic rings. The summed E-state index contributed by atoms with van der Waals surface area (Å²) in [4.78, 5) is 14.6. The molecule has 1 fully saturated rings. The first-order chi connectivity index (χ1) is 10.0. The van der Waals surface area contributed by atoms with Gasteiger partial charge in [0.15, 0.2) is 6.10 Å². The molecule has 116 valence electrons. The van der Waals surface area contributed by atoms with Crippen molar-refractivity contribution >= 4 is 21.8 Å². The largest absolute Gasteiger partial charge is 0.480 e. The fourth-order valence-electron chi connectivity index (χ4n) is 2.89. The van der Waals surface area contributed by atoms with E-state index in [9.17, 15) is 4.79 Å². The lowest BCUT2D eigenvalue weighted by molar-refractivity contribution is -0.141. The van der Waals surface area contributed by atoms with E-state index in [2.05, 4.69) is 22.9 Å². The molecule has 1 aliphatic heterocycles. The first-order valence-corrected chi connectivity index (χ1v) is 8.55. The lowest BCUT2D eigenvalue weighted by atomic mass is 9.99. The van der Waals surface area contributed by atoms with Gasteiger partial charge in [-0.3, -0.25) is 4.79 Å². The number of carbonyl (C=O) groups excluding carboxylic acids is 1. The van der Waals surface area contributed by atoms with Crippen LogP contribution in [0.15, 0.2) is 22.7 Å². The highest BCUT2D eigenvalue weighted by atomic mass is 79.9. The molecule has 1 aromatic carbocycles. The quantitative estimate of drug-likeness (QED) is 0.806. The molecule has 2 atom stereocenters. The van der Waals surface area contributed by atoms with Gasteiger partial charge in [-0.1, -0.05) is 13.0 Å². The summed E-state index contributed by atoms with van der Waals surface area (Å²) < 4.78 is 6.77. The first-order valence-electron chi connectivity index (χ1n) is 7.76. The van der Waals surface area contributed by atoms with Crippen molar-refractivity contribution in [2.75, 3.05) is 6.54 Å². The van der Waals surface area contributed by atoms with Gasteiger partial charge in [0, 0.05) is 12.6 Å². The second-order valence-corrected chi connectivity index (χ2v) is 6.64. The normalized spacial score (nSPS) is 20.2. The summed E-state index contributed by atoms with van der Waals surface area (Å²) >= 11 is 3.50. The Morgan fingerprint density at radius 1 is 1.48 bits per heavy atom. The number of halogens is 1. The fraction of sp³-hybridized carbons (Fsp3) is 0.588. The molecule has 0 saturated carbocycles. The van der Waals surface area contributed by atoms with Crippen LogP contribution in [0.3, 0.4) is 0 Å². The van der Waals surface area contributed by atoms with Crippen molar-refractivity contribution in [2.45, 2.75) is 58.6 Å². The van der Waals surface area contributed by atoms with Crippen LogP contribution in [-0.4, -0.2) is 29.5 Å². The summed E-state index contributed by atoms with van der Waals surface area (Å²) in [5.41, 5.74) is 1.16. The molecule has 3 nitrogen and oxygen atoms in total. The first kappa shape index (κ1) is 16.3. The standard InChI is InChI=1S/C17H24BrNO2/c1-4-14-7-5-6-10-19(14)17(20)13(3)21-16-9-8-12(2)11-15(16)18/h8-9,11,13-14H,4-7,10H2,1-3H3. The summed E-state index contributed by atoms with van der Waals surface area (Å²) in [7, 11) is 0. The van der Waals surface area contributed by atoms with Gasteiger partial charge in [-0.2, -0.15) is 0 Å². The van der Waals surface area contributed by atoms with Gasteiger partial charge in [-0.25, -0.2) is 0 Å². The second-order valence-electron chi connectivity index (χ2n) is 5.78. The molecule has 2 rings (SSSR count). The molecule has 0 radical (unpaired) electrons. The maximum absolute atomic E-state index is 12.6. The third-order valence-corrected chi connectivity index (χ3v) is 4.74. The molecule has 0 bridgehead atoms.